The topological polar surface area (TPSA) is 58.6 Å². The fourth-order valence-electron chi connectivity index (χ4n) is 2.87. The number of piperidine rings is 1. The first-order valence-electron chi connectivity index (χ1n) is 7.46. The van der Waals surface area contributed by atoms with Gasteiger partial charge >= 0.3 is 6.09 Å². The summed E-state index contributed by atoms with van der Waals surface area (Å²) in [6.07, 6.45) is 8.70. The molecule has 1 fully saturated rings. The van der Waals surface area contributed by atoms with Crippen LogP contribution >= 0.6 is 0 Å². The number of carbonyl (C=O) groups is 2. The Morgan fingerprint density at radius 1 is 1.25 bits per heavy atom. The van der Waals surface area contributed by atoms with Crippen molar-refractivity contribution in [3.05, 3.63) is 12.2 Å². The summed E-state index contributed by atoms with van der Waals surface area (Å²) in [4.78, 5) is 25.1. The molecule has 0 aromatic rings. The van der Waals surface area contributed by atoms with Gasteiger partial charge in [-0.05, 0) is 38.0 Å². The third-order valence-electron chi connectivity index (χ3n) is 4.25. The lowest BCUT2D eigenvalue weighted by molar-refractivity contribution is -0.125. The second kappa shape index (κ2) is 7.31. The van der Waals surface area contributed by atoms with Crippen LogP contribution in [0.15, 0.2) is 12.2 Å². The molecule has 1 saturated heterocycles. The molecule has 5 nitrogen and oxygen atoms in total. The molecule has 0 saturated carbocycles. The predicted molar refractivity (Wildman–Crippen MR) is 76.2 cm³/mol. The number of rotatable bonds is 3. The van der Waals surface area contributed by atoms with Crippen molar-refractivity contribution in [1.29, 1.82) is 0 Å². The fraction of sp³-hybridized carbons (Fsp3) is 0.733. The highest BCUT2D eigenvalue weighted by Crippen LogP contribution is 2.20. The Kier molecular flexibility index (Phi) is 5.44. The number of ether oxygens (including phenoxy) is 1. The molecule has 2 amide bonds. The highest BCUT2D eigenvalue weighted by Gasteiger charge is 2.24. The lowest BCUT2D eigenvalue weighted by Crippen LogP contribution is -2.42. The Morgan fingerprint density at radius 2 is 2.00 bits per heavy atom. The van der Waals surface area contributed by atoms with E-state index >= 15 is 0 Å². The summed E-state index contributed by atoms with van der Waals surface area (Å²) in [6, 6.07) is 0. The Balaban J connectivity index is 1.67. The SMILES string of the molecule is COC(=O)N1CCC(CNC(=O)[C@@H]2CC=CCC2)CC1. The maximum Gasteiger partial charge on any atom is 0.409 e. The zero-order valence-corrected chi connectivity index (χ0v) is 12.1. The molecular formula is C15H24N2O3. The molecule has 0 spiro atoms. The van der Waals surface area contributed by atoms with Gasteiger partial charge in [-0.15, -0.1) is 0 Å². The number of nitrogens with zero attached hydrogens (tertiary/aromatic N) is 1. The van der Waals surface area contributed by atoms with Gasteiger partial charge in [0.25, 0.3) is 0 Å². The van der Waals surface area contributed by atoms with E-state index < -0.39 is 0 Å². The van der Waals surface area contributed by atoms with E-state index in [0.29, 0.717) is 5.92 Å². The Labute approximate surface area is 120 Å². The number of hydrogen-bond acceptors (Lipinski definition) is 3. The van der Waals surface area contributed by atoms with E-state index in [0.717, 1.165) is 51.7 Å². The van der Waals surface area contributed by atoms with Crippen LogP contribution in [0.3, 0.4) is 0 Å². The van der Waals surface area contributed by atoms with Gasteiger partial charge in [-0.1, -0.05) is 12.2 Å². The number of hydrogen-bond donors (Lipinski definition) is 1. The molecule has 1 atom stereocenters. The summed E-state index contributed by atoms with van der Waals surface area (Å²) in [7, 11) is 1.41. The van der Waals surface area contributed by atoms with Crippen LogP contribution in [-0.2, 0) is 9.53 Å². The maximum absolute atomic E-state index is 12.0. The zero-order valence-electron chi connectivity index (χ0n) is 12.1. The van der Waals surface area contributed by atoms with Crippen LogP contribution in [0, 0.1) is 11.8 Å². The molecule has 112 valence electrons. The molecule has 1 aliphatic carbocycles. The van der Waals surface area contributed by atoms with Crippen LogP contribution in [0.1, 0.15) is 32.1 Å². The molecule has 2 rings (SSSR count). The molecule has 0 radical (unpaired) electrons. The lowest BCUT2D eigenvalue weighted by Gasteiger charge is -2.31. The summed E-state index contributed by atoms with van der Waals surface area (Å²) in [5.74, 6) is 0.805. The molecule has 5 heteroatoms. The zero-order chi connectivity index (χ0) is 14.4. The standard InChI is InChI=1S/C15H24N2O3/c1-20-15(19)17-9-7-12(8-10-17)11-16-14(18)13-5-3-2-4-6-13/h2-3,12-13H,4-11H2,1H3,(H,16,18)/t13-/m1/s1. The molecule has 20 heavy (non-hydrogen) atoms. The van der Waals surface area contributed by atoms with Crippen LogP contribution in [0.5, 0.6) is 0 Å². The minimum atomic E-state index is -0.249. The monoisotopic (exact) mass is 280 g/mol. The number of nitrogens with one attached hydrogen (secondary N) is 1. The summed E-state index contributed by atoms with van der Waals surface area (Å²) < 4.78 is 4.71. The molecule has 0 aromatic heterocycles. The minimum absolute atomic E-state index is 0.148. The van der Waals surface area contributed by atoms with Gasteiger partial charge in [-0.3, -0.25) is 4.79 Å². The van der Waals surface area contributed by atoms with Crippen molar-refractivity contribution >= 4 is 12.0 Å². The quantitative estimate of drug-likeness (QED) is 0.804. The van der Waals surface area contributed by atoms with Gasteiger partial charge in [0.15, 0.2) is 0 Å². The van der Waals surface area contributed by atoms with Gasteiger partial charge in [0, 0.05) is 25.6 Å². The third-order valence-corrected chi connectivity index (χ3v) is 4.25. The van der Waals surface area contributed by atoms with Gasteiger partial charge in [0.05, 0.1) is 7.11 Å². The number of likely N-dealkylation sites (tertiary alicyclic amines) is 1. The Morgan fingerprint density at radius 3 is 2.60 bits per heavy atom. The predicted octanol–water partition coefficient (Wildman–Crippen LogP) is 1.94. The van der Waals surface area contributed by atoms with Crippen molar-refractivity contribution in [2.75, 3.05) is 26.7 Å². The molecule has 0 bridgehead atoms. The van der Waals surface area contributed by atoms with E-state index in [1.807, 2.05) is 0 Å². The summed E-state index contributed by atoms with van der Waals surface area (Å²) >= 11 is 0. The molecule has 0 unspecified atom stereocenters. The van der Waals surface area contributed by atoms with Gasteiger partial charge in [0.2, 0.25) is 5.91 Å². The largest absolute Gasteiger partial charge is 0.453 e. The van der Waals surface area contributed by atoms with Crippen LogP contribution in [0.2, 0.25) is 0 Å². The van der Waals surface area contributed by atoms with E-state index in [1.54, 1.807) is 4.90 Å². The van der Waals surface area contributed by atoms with E-state index in [1.165, 1.54) is 7.11 Å². The third kappa shape index (κ3) is 3.99. The van der Waals surface area contributed by atoms with Crippen molar-refractivity contribution < 1.29 is 14.3 Å². The molecule has 1 aliphatic heterocycles. The van der Waals surface area contributed by atoms with E-state index in [-0.39, 0.29) is 17.9 Å². The van der Waals surface area contributed by atoms with Crippen LogP contribution in [0.4, 0.5) is 4.79 Å². The van der Waals surface area contributed by atoms with Gasteiger partial charge in [-0.25, -0.2) is 4.79 Å². The molecule has 0 aromatic carbocycles. The molecule has 1 N–H and O–H groups in total. The number of allylic oxidation sites excluding steroid dienone is 2. The van der Waals surface area contributed by atoms with Crippen molar-refractivity contribution in [3.8, 4) is 0 Å². The Hall–Kier alpha value is -1.52. The maximum atomic E-state index is 12.0. The fourth-order valence-corrected chi connectivity index (χ4v) is 2.87. The summed E-state index contributed by atoms with van der Waals surface area (Å²) in [5, 5.41) is 3.07. The van der Waals surface area contributed by atoms with Crippen molar-refractivity contribution in [1.82, 2.24) is 10.2 Å². The van der Waals surface area contributed by atoms with E-state index in [2.05, 4.69) is 17.5 Å². The van der Waals surface area contributed by atoms with E-state index in [9.17, 15) is 9.59 Å². The van der Waals surface area contributed by atoms with E-state index in [4.69, 9.17) is 4.74 Å². The Bertz CT molecular complexity index is 373. The second-order valence-corrected chi connectivity index (χ2v) is 5.63. The first kappa shape index (κ1) is 14.9. The lowest BCUT2D eigenvalue weighted by atomic mass is 9.92. The van der Waals surface area contributed by atoms with Crippen molar-refractivity contribution in [2.24, 2.45) is 11.8 Å². The highest BCUT2D eigenvalue weighted by atomic mass is 16.5. The summed E-state index contributed by atoms with van der Waals surface area (Å²) in [6.45, 7) is 2.17. The van der Waals surface area contributed by atoms with Gasteiger partial charge < -0.3 is 15.0 Å². The van der Waals surface area contributed by atoms with Crippen molar-refractivity contribution in [3.63, 3.8) is 0 Å². The average molecular weight is 280 g/mol. The normalized spacial score (nSPS) is 23.4. The summed E-state index contributed by atoms with van der Waals surface area (Å²) in [5.41, 5.74) is 0. The second-order valence-electron chi connectivity index (χ2n) is 5.63. The molecule has 1 heterocycles. The van der Waals surface area contributed by atoms with Gasteiger partial charge in [0.1, 0.15) is 0 Å². The first-order chi connectivity index (χ1) is 9.70. The smallest absolute Gasteiger partial charge is 0.409 e. The first-order valence-corrected chi connectivity index (χ1v) is 7.46. The van der Waals surface area contributed by atoms with Crippen LogP contribution in [-0.4, -0.2) is 43.6 Å². The number of methoxy groups -OCH3 is 1. The minimum Gasteiger partial charge on any atom is -0.453 e. The van der Waals surface area contributed by atoms with Gasteiger partial charge in [-0.2, -0.15) is 0 Å². The molecule has 2 aliphatic rings. The van der Waals surface area contributed by atoms with Crippen LogP contribution < -0.4 is 5.32 Å². The number of amides is 2. The molecular weight excluding hydrogens is 256 g/mol. The van der Waals surface area contributed by atoms with Crippen LogP contribution in [0.25, 0.3) is 0 Å². The highest BCUT2D eigenvalue weighted by molar-refractivity contribution is 5.78. The average Bonchev–Trinajstić information content (AvgIpc) is 2.53. The van der Waals surface area contributed by atoms with Crippen molar-refractivity contribution in [2.45, 2.75) is 32.1 Å². The number of carbonyl (C=O) groups excluding carboxylic acids is 2.